The largest absolute Gasteiger partial charge is 0.493 e. The number of benzene rings is 3. The van der Waals surface area contributed by atoms with Gasteiger partial charge >= 0.3 is 0 Å². The number of aromatic nitrogens is 1. The molecule has 0 spiro atoms. The second-order valence-corrected chi connectivity index (χ2v) is 8.08. The quantitative estimate of drug-likeness (QED) is 0.361. The van der Waals surface area contributed by atoms with Crippen LogP contribution in [0.1, 0.15) is 27.2 Å². The predicted octanol–water partition coefficient (Wildman–Crippen LogP) is 7.12. The van der Waals surface area contributed by atoms with E-state index in [1.807, 2.05) is 12.3 Å². The normalized spacial score (nSPS) is 12.6. The molecule has 2 heteroatoms. The molecule has 0 aliphatic rings. The van der Waals surface area contributed by atoms with Crippen LogP contribution in [0.3, 0.4) is 0 Å². The third kappa shape index (κ3) is 3.73. The van der Waals surface area contributed by atoms with Crippen molar-refractivity contribution in [2.45, 2.75) is 27.2 Å². The Balaban J connectivity index is 1.76. The van der Waals surface area contributed by atoms with Gasteiger partial charge in [0.1, 0.15) is 5.75 Å². The lowest BCUT2D eigenvalue weighted by atomic mass is 9.95. The maximum absolute atomic E-state index is 6.25. The van der Waals surface area contributed by atoms with Crippen LogP contribution < -0.4 is 4.74 Å². The fourth-order valence-corrected chi connectivity index (χ4v) is 4.07. The first-order valence-electron chi connectivity index (χ1n) is 10.1. The smallest absolute Gasteiger partial charge is 0.127 e. The summed E-state index contributed by atoms with van der Waals surface area (Å²) in [6, 6.07) is 23.3. The zero-order valence-electron chi connectivity index (χ0n) is 16.9. The summed E-state index contributed by atoms with van der Waals surface area (Å²) in [5, 5.41) is 3.56. The molecule has 0 aliphatic carbocycles. The molecule has 0 bridgehead atoms. The minimum Gasteiger partial charge on any atom is -0.493 e. The molecule has 0 N–H and O–H groups in total. The summed E-state index contributed by atoms with van der Waals surface area (Å²) in [7, 11) is 0. The molecule has 0 saturated carbocycles. The van der Waals surface area contributed by atoms with Gasteiger partial charge < -0.3 is 4.74 Å². The molecule has 0 aliphatic heterocycles. The second kappa shape index (κ2) is 8.02. The van der Waals surface area contributed by atoms with E-state index in [1.54, 1.807) is 0 Å². The van der Waals surface area contributed by atoms with Crippen molar-refractivity contribution in [3.05, 3.63) is 72.9 Å². The van der Waals surface area contributed by atoms with Gasteiger partial charge in [-0.05, 0) is 53.0 Å². The van der Waals surface area contributed by atoms with E-state index < -0.39 is 0 Å². The van der Waals surface area contributed by atoms with Crippen LogP contribution in [0.2, 0.25) is 0 Å². The summed E-state index contributed by atoms with van der Waals surface area (Å²) < 4.78 is 6.25. The van der Waals surface area contributed by atoms with Crippen molar-refractivity contribution in [1.29, 1.82) is 0 Å². The zero-order valence-corrected chi connectivity index (χ0v) is 16.9. The van der Waals surface area contributed by atoms with Gasteiger partial charge in [0, 0.05) is 17.0 Å². The van der Waals surface area contributed by atoms with Gasteiger partial charge in [0.2, 0.25) is 0 Å². The van der Waals surface area contributed by atoms with Crippen LogP contribution in [0, 0.1) is 11.8 Å². The monoisotopic (exact) mass is 369 g/mol. The Morgan fingerprint density at radius 2 is 1.43 bits per heavy atom. The Labute approximate surface area is 167 Å². The summed E-state index contributed by atoms with van der Waals surface area (Å²) in [5.74, 6) is 2.20. The number of nitrogens with zero attached hydrogens (tertiary/aromatic N) is 1. The molecule has 3 aromatic carbocycles. The minimum absolute atomic E-state index is 0.544. The van der Waals surface area contributed by atoms with Crippen LogP contribution in [0.25, 0.3) is 32.8 Å². The van der Waals surface area contributed by atoms with E-state index in [0.29, 0.717) is 11.8 Å². The molecule has 0 radical (unpaired) electrons. The lowest BCUT2D eigenvalue weighted by Crippen LogP contribution is -2.11. The molecule has 0 fully saturated rings. The average molecular weight is 370 g/mol. The lowest BCUT2D eigenvalue weighted by molar-refractivity contribution is 0.241. The molecule has 1 unspecified atom stereocenters. The molecule has 0 amide bonds. The average Bonchev–Trinajstić information content (AvgIpc) is 2.71. The summed E-state index contributed by atoms with van der Waals surface area (Å²) in [6.07, 6.45) is 3.07. The molecular weight excluding hydrogens is 342 g/mol. The van der Waals surface area contributed by atoms with Crippen molar-refractivity contribution in [1.82, 2.24) is 4.98 Å². The Morgan fingerprint density at radius 3 is 2.21 bits per heavy atom. The van der Waals surface area contributed by atoms with Gasteiger partial charge in [-0.1, -0.05) is 69.3 Å². The molecule has 1 aromatic heterocycles. The number of pyridine rings is 1. The first-order chi connectivity index (χ1) is 13.6. The van der Waals surface area contributed by atoms with Crippen molar-refractivity contribution in [2.24, 2.45) is 11.8 Å². The molecule has 2 nitrogen and oxygen atoms in total. The summed E-state index contributed by atoms with van der Waals surface area (Å²) in [5.41, 5.74) is 3.45. The van der Waals surface area contributed by atoms with E-state index in [2.05, 4.69) is 86.4 Å². The van der Waals surface area contributed by atoms with Crippen LogP contribution in [0.5, 0.6) is 5.75 Å². The van der Waals surface area contributed by atoms with Gasteiger partial charge in [-0.3, -0.25) is 4.98 Å². The summed E-state index contributed by atoms with van der Waals surface area (Å²) in [4.78, 5) is 4.51. The first-order valence-corrected chi connectivity index (χ1v) is 10.1. The van der Waals surface area contributed by atoms with Crippen molar-refractivity contribution in [3.8, 4) is 16.9 Å². The van der Waals surface area contributed by atoms with E-state index in [9.17, 15) is 0 Å². The van der Waals surface area contributed by atoms with Crippen LogP contribution >= 0.6 is 0 Å². The third-order valence-electron chi connectivity index (χ3n) is 5.22. The Hall–Kier alpha value is -2.87. The highest BCUT2D eigenvalue weighted by Crippen LogP contribution is 2.37. The molecular formula is C26H27NO. The molecule has 1 atom stereocenters. The number of hydrogen-bond acceptors (Lipinski definition) is 2. The second-order valence-electron chi connectivity index (χ2n) is 8.08. The standard InChI is InChI=1S/C26H27NO/c1-18(2)16-19(3)17-28-26-13-12-21(20-8-4-5-10-24(20)26)22-14-15-27-25-11-7-6-9-23(22)25/h4-15,18-19H,16-17H2,1-3H3. The fourth-order valence-electron chi connectivity index (χ4n) is 4.07. The summed E-state index contributed by atoms with van der Waals surface area (Å²) >= 11 is 0. The van der Waals surface area contributed by atoms with Crippen molar-refractivity contribution < 1.29 is 4.74 Å². The minimum atomic E-state index is 0.544. The van der Waals surface area contributed by atoms with Gasteiger partial charge in [0.05, 0.1) is 12.1 Å². The molecule has 4 rings (SSSR count). The predicted molar refractivity (Wildman–Crippen MR) is 119 cm³/mol. The number of ether oxygens (including phenoxy) is 1. The number of rotatable bonds is 6. The van der Waals surface area contributed by atoms with Crippen LogP contribution in [0.15, 0.2) is 72.9 Å². The number of hydrogen-bond donors (Lipinski definition) is 0. The first kappa shape index (κ1) is 18.5. The van der Waals surface area contributed by atoms with Crippen molar-refractivity contribution in [3.63, 3.8) is 0 Å². The van der Waals surface area contributed by atoms with Crippen LogP contribution in [-0.2, 0) is 0 Å². The molecule has 0 saturated heterocycles. The topological polar surface area (TPSA) is 22.1 Å². The molecule has 4 aromatic rings. The van der Waals surface area contributed by atoms with Gasteiger partial charge in [0.15, 0.2) is 0 Å². The van der Waals surface area contributed by atoms with E-state index in [4.69, 9.17) is 4.74 Å². The summed E-state index contributed by atoms with van der Waals surface area (Å²) in [6.45, 7) is 7.54. The van der Waals surface area contributed by atoms with Gasteiger partial charge in [-0.2, -0.15) is 0 Å². The van der Waals surface area contributed by atoms with Crippen molar-refractivity contribution >= 4 is 21.7 Å². The van der Waals surface area contributed by atoms with E-state index in [1.165, 1.54) is 28.3 Å². The zero-order chi connectivity index (χ0) is 19.5. The lowest BCUT2D eigenvalue weighted by Gasteiger charge is -2.17. The van der Waals surface area contributed by atoms with Gasteiger partial charge in [-0.15, -0.1) is 0 Å². The molecule has 1 heterocycles. The highest BCUT2D eigenvalue weighted by molar-refractivity contribution is 6.06. The maximum atomic E-state index is 6.25. The van der Waals surface area contributed by atoms with E-state index in [0.717, 1.165) is 23.3 Å². The number of para-hydroxylation sites is 1. The Bertz CT molecular complexity index is 1090. The highest BCUT2D eigenvalue weighted by atomic mass is 16.5. The Kier molecular flexibility index (Phi) is 5.29. The fraction of sp³-hybridized carbons (Fsp3) is 0.269. The maximum Gasteiger partial charge on any atom is 0.127 e. The van der Waals surface area contributed by atoms with E-state index in [-0.39, 0.29) is 0 Å². The Morgan fingerprint density at radius 1 is 0.750 bits per heavy atom. The third-order valence-corrected chi connectivity index (χ3v) is 5.22. The van der Waals surface area contributed by atoms with E-state index >= 15 is 0 Å². The molecule has 142 valence electrons. The number of fused-ring (bicyclic) bond motifs is 2. The van der Waals surface area contributed by atoms with Crippen LogP contribution in [0.4, 0.5) is 0 Å². The highest BCUT2D eigenvalue weighted by Gasteiger charge is 2.12. The van der Waals surface area contributed by atoms with Crippen LogP contribution in [-0.4, -0.2) is 11.6 Å². The SMILES string of the molecule is CC(C)CC(C)COc1ccc(-c2ccnc3ccccc23)c2ccccc12. The molecule has 28 heavy (non-hydrogen) atoms. The van der Waals surface area contributed by atoms with Gasteiger partial charge in [-0.25, -0.2) is 0 Å². The van der Waals surface area contributed by atoms with Crippen molar-refractivity contribution in [2.75, 3.05) is 6.61 Å². The van der Waals surface area contributed by atoms with Gasteiger partial charge in [0.25, 0.3) is 0 Å².